The Hall–Kier alpha value is -2.03. The number of anilines is 2. The fourth-order valence-corrected chi connectivity index (χ4v) is 6.78. The molecule has 2 heterocycles. The summed E-state index contributed by atoms with van der Waals surface area (Å²) in [7, 11) is -2.95. The van der Waals surface area contributed by atoms with Gasteiger partial charge in [0, 0.05) is 27.2 Å². The number of amidine groups is 1. The van der Waals surface area contributed by atoms with Crippen molar-refractivity contribution in [1.82, 2.24) is 0 Å². The highest BCUT2D eigenvalue weighted by molar-refractivity contribution is 8.15. The van der Waals surface area contributed by atoms with Gasteiger partial charge in [0.15, 0.2) is 15.0 Å². The van der Waals surface area contributed by atoms with E-state index >= 15 is 0 Å². The first-order chi connectivity index (χ1) is 12.9. The van der Waals surface area contributed by atoms with E-state index in [0.29, 0.717) is 16.3 Å². The molecule has 2 aliphatic heterocycles. The number of amides is 1. The Morgan fingerprint density at radius 1 is 1.04 bits per heavy atom. The van der Waals surface area contributed by atoms with Crippen LogP contribution in [0.4, 0.5) is 11.4 Å². The minimum absolute atomic E-state index is 0.00178. The van der Waals surface area contributed by atoms with Crippen LogP contribution in [0.3, 0.4) is 0 Å². The summed E-state index contributed by atoms with van der Waals surface area (Å²) >= 11 is 7.30. The number of fused-ring (bicyclic) bond motifs is 1. The van der Waals surface area contributed by atoms with Crippen molar-refractivity contribution in [2.75, 3.05) is 22.1 Å². The fraction of sp³-hybridized carbons (Fsp3) is 0.222. The fourth-order valence-electron chi connectivity index (χ4n) is 2.98. The molecule has 0 radical (unpaired) electrons. The topological polar surface area (TPSA) is 87.6 Å². The van der Waals surface area contributed by atoms with Crippen LogP contribution in [0, 0.1) is 0 Å². The number of hydrogen-bond acceptors (Lipinski definition) is 6. The number of nitrogens with zero attached hydrogens (tertiary/aromatic N) is 1. The molecule has 0 bridgehead atoms. The van der Waals surface area contributed by atoms with Crippen LogP contribution in [0.2, 0.25) is 5.02 Å². The number of benzene rings is 2. The molecule has 1 amide bonds. The number of nitrogens with one attached hydrogen (secondary N) is 2. The van der Waals surface area contributed by atoms with Gasteiger partial charge in [0.2, 0.25) is 0 Å². The number of carbonyl (C=O) groups is 1. The Bertz CT molecular complexity index is 1010. The highest BCUT2D eigenvalue weighted by Gasteiger charge is 2.42. The molecule has 1 fully saturated rings. The lowest BCUT2D eigenvalue weighted by Crippen LogP contribution is -2.13. The van der Waals surface area contributed by atoms with E-state index in [9.17, 15) is 13.2 Å². The second kappa shape index (κ2) is 7.18. The summed E-state index contributed by atoms with van der Waals surface area (Å²) in [5.74, 6) is 0.0942. The zero-order valence-corrected chi connectivity index (χ0v) is 16.4. The van der Waals surface area contributed by atoms with Crippen molar-refractivity contribution in [3.63, 3.8) is 0 Å². The third kappa shape index (κ3) is 4.28. The largest absolute Gasteiger partial charge is 0.335 e. The zero-order chi connectivity index (χ0) is 19.0. The molecule has 140 valence electrons. The van der Waals surface area contributed by atoms with Gasteiger partial charge in [0.25, 0.3) is 5.91 Å². The predicted molar refractivity (Wildman–Crippen MR) is 111 cm³/mol. The van der Waals surface area contributed by atoms with Gasteiger partial charge < -0.3 is 10.6 Å². The molecule has 2 N–H and O–H groups in total. The lowest BCUT2D eigenvalue weighted by atomic mass is 10.2. The van der Waals surface area contributed by atoms with Gasteiger partial charge in [-0.05, 0) is 48.5 Å². The molecule has 2 atom stereocenters. The average Bonchev–Trinajstić information content (AvgIpc) is 3.10. The van der Waals surface area contributed by atoms with E-state index < -0.39 is 9.84 Å². The van der Waals surface area contributed by atoms with Crippen LogP contribution in [-0.2, 0) is 9.84 Å². The van der Waals surface area contributed by atoms with Gasteiger partial charge in [0.05, 0.1) is 17.5 Å². The molecule has 0 saturated carbocycles. The van der Waals surface area contributed by atoms with Gasteiger partial charge >= 0.3 is 0 Å². The molecular weight excluding hydrogens is 406 g/mol. The molecular formula is C18H16ClN3O3S2. The van der Waals surface area contributed by atoms with Crippen molar-refractivity contribution in [3.8, 4) is 0 Å². The maximum Gasteiger partial charge on any atom is 0.255 e. The van der Waals surface area contributed by atoms with Crippen LogP contribution in [0.5, 0.6) is 0 Å². The van der Waals surface area contributed by atoms with Crippen molar-refractivity contribution >= 4 is 55.6 Å². The van der Waals surface area contributed by atoms with Crippen LogP contribution in [-0.4, -0.2) is 42.3 Å². The summed E-state index contributed by atoms with van der Waals surface area (Å²) < 4.78 is 23.2. The summed E-state index contributed by atoms with van der Waals surface area (Å²) in [5, 5.41) is 7.33. The van der Waals surface area contributed by atoms with E-state index in [1.807, 2.05) is 0 Å². The van der Waals surface area contributed by atoms with Crippen molar-refractivity contribution in [2.45, 2.75) is 11.3 Å². The normalized spacial score (nSPS) is 22.8. The highest BCUT2D eigenvalue weighted by Crippen LogP contribution is 2.34. The number of thioether (sulfide) groups is 1. The second-order valence-corrected chi connectivity index (χ2v) is 10.2. The quantitative estimate of drug-likeness (QED) is 0.794. The Kier molecular flexibility index (Phi) is 4.88. The van der Waals surface area contributed by atoms with Gasteiger partial charge in [-0.15, -0.1) is 0 Å². The first kappa shape index (κ1) is 18.3. The minimum Gasteiger partial charge on any atom is -0.335 e. The third-order valence-electron chi connectivity index (χ3n) is 4.32. The van der Waals surface area contributed by atoms with Crippen molar-refractivity contribution in [2.24, 2.45) is 4.99 Å². The Morgan fingerprint density at radius 2 is 1.70 bits per heavy atom. The minimum atomic E-state index is -2.95. The van der Waals surface area contributed by atoms with Crippen molar-refractivity contribution < 1.29 is 13.2 Å². The maximum absolute atomic E-state index is 12.3. The van der Waals surface area contributed by atoms with Gasteiger partial charge in [-0.1, -0.05) is 23.4 Å². The summed E-state index contributed by atoms with van der Waals surface area (Å²) in [6.07, 6.45) is 0. The van der Waals surface area contributed by atoms with Crippen LogP contribution in [0.15, 0.2) is 53.5 Å². The standard InChI is InChI=1S/C18H16ClN3O3S2/c19-12-3-7-13(8-4-12)20-17(23)11-1-5-14(6-2-11)21-18-22-15-9-27(24,25)10-16(15)26-18/h1-8,15-16H,9-10H2,(H,20,23)(H,21,22)/t15-,16+/m1/s1. The predicted octanol–water partition coefficient (Wildman–Crippen LogP) is 3.27. The number of halogens is 1. The molecule has 0 aliphatic carbocycles. The summed E-state index contributed by atoms with van der Waals surface area (Å²) in [4.78, 5) is 16.8. The van der Waals surface area contributed by atoms with Gasteiger partial charge in [0.1, 0.15) is 0 Å². The second-order valence-electron chi connectivity index (χ2n) is 6.40. The first-order valence-electron chi connectivity index (χ1n) is 8.27. The number of hydrogen-bond donors (Lipinski definition) is 2. The molecule has 2 aliphatic rings. The van der Waals surface area contributed by atoms with Crippen molar-refractivity contribution in [3.05, 3.63) is 59.1 Å². The molecule has 2 aromatic carbocycles. The number of carbonyl (C=O) groups excluding carboxylic acids is 1. The van der Waals surface area contributed by atoms with Crippen molar-refractivity contribution in [1.29, 1.82) is 0 Å². The average molecular weight is 422 g/mol. The molecule has 2 aromatic rings. The Labute approximate surface area is 166 Å². The lowest BCUT2D eigenvalue weighted by Gasteiger charge is -2.08. The molecule has 27 heavy (non-hydrogen) atoms. The van der Waals surface area contributed by atoms with E-state index in [1.165, 1.54) is 11.8 Å². The van der Waals surface area contributed by atoms with E-state index in [1.54, 1.807) is 48.5 Å². The van der Waals surface area contributed by atoms with E-state index in [0.717, 1.165) is 10.9 Å². The molecule has 0 spiro atoms. The third-order valence-corrected chi connectivity index (χ3v) is 7.71. The van der Waals surface area contributed by atoms with Gasteiger partial charge in [-0.2, -0.15) is 0 Å². The maximum atomic E-state index is 12.3. The zero-order valence-electron chi connectivity index (χ0n) is 14.1. The number of rotatable bonds is 3. The lowest BCUT2D eigenvalue weighted by molar-refractivity contribution is 0.102. The van der Waals surface area contributed by atoms with Crippen LogP contribution >= 0.6 is 23.4 Å². The van der Waals surface area contributed by atoms with Crippen LogP contribution < -0.4 is 10.6 Å². The molecule has 6 nitrogen and oxygen atoms in total. The van der Waals surface area contributed by atoms with Crippen LogP contribution in [0.1, 0.15) is 10.4 Å². The van der Waals surface area contributed by atoms with E-state index in [-0.39, 0.29) is 28.7 Å². The molecule has 0 aromatic heterocycles. The highest BCUT2D eigenvalue weighted by atomic mass is 35.5. The summed E-state index contributed by atoms with van der Waals surface area (Å²) in [6, 6.07) is 13.8. The molecule has 9 heteroatoms. The number of sulfone groups is 1. The Balaban J connectivity index is 1.38. The molecule has 4 rings (SSSR count). The van der Waals surface area contributed by atoms with E-state index in [2.05, 4.69) is 15.6 Å². The molecule has 0 unspecified atom stereocenters. The monoisotopic (exact) mass is 421 g/mol. The summed E-state index contributed by atoms with van der Waals surface area (Å²) in [6.45, 7) is 0. The van der Waals surface area contributed by atoms with Crippen LogP contribution in [0.25, 0.3) is 0 Å². The smallest absolute Gasteiger partial charge is 0.255 e. The molecule has 1 saturated heterocycles. The van der Waals surface area contributed by atoms with Gasteiger partial charge in [-0.3, -0.25) is 9.79 Å². The van der Waals surface area contributed by atoms with Gasteiger partial charge in [-0.25, -0.2) is 8.42 Å². The first-order valence-corrected chi connectivity index (χ1v) is 11.3. The SMILES string of the molecule is O=C(Nc1ccc(Cl)cc1)c1ccc(NC2=N[C@@H]3CS(=O)(=O)C[C@@H]3S2)cc1. The summed E-state index contributed by atoms with van der Waals surface area (Å²) in [5.41, 5.74) is 2.00. The Morgan fingerprint density at radius 3 is 2.37 bits per heavy atom. The van der Waals surface area contributed by atoms with E-state index in [4.69, 9.17) is 11.6 Å². The number of aliphatic imine (C=N–C) groups is 1.